The topological polar surface area (TPSA) is 97.1 Å². The largest absolute Gasteiger partial charge is 0.395 e. The van der Waals surface area contributed by atoms with Gasteiger partial charge in [-0.25, -0.2) is 0 Å². The van der Waals surface area contributed by atoms with Crippen molar-refractivity contribution in [1.29, 1.82) is 0 Å². The Balaban J connectivity index is 1.64. The van der Waals surface area contributed by atoms with E-state index in [4.69, 9.17) is 17.3 Å². The number of anilines is 1. The van der Waals surface area contributed by atoms with E-state index in [0.29, 0.717) is 10.9 Å². The van der Waals surface area contributed by atoms with Gasteiger partial charge in [0.2, 0.25) is 0 Å². The number of amides is 2. The molecule has 144 valence electrons. The maximum atomic E-state index is 12.6. The number of benzene rings is 1. The lowest BCUT2D eigenvalue weighted by Gasteiger charge is -2.29. The van der Waals surface area contributed by atoms with Gasteiger partial charge in [0.05, 0.1) is 5.69 Å². The Kier molecular flexibility index (Phi) is 6.34. The first-order valence-electron chi connectivity index (χ1n) is 9.05. The molecule has 0 aliphatic heterocycles. The van der Waals surface area contributed by atoms with Gasteiger partial charge in [-0.1, -0.05) is 49.6 Å². The zero-order chi connectivity index (χ0) is 19.4. The fourth-order valence-electron chi connectivity index (χ4n) is 3.29. The van der Waals surface area contributed by atoms with Crippen LogP contribution in [0.2, 0.25) is 5.02 Å². The molecule has 1 aliphatic carbocycles. The van der Waals surface area contributed by atoms with Crippen LogP contribution in [0.1, 0.15) is 58.3 Å². The van der Waals surface area contributed by atoms with Crippen molar-refractivity contribution in [3.63, 3.8) is 0 Å². The first-order chi connectivity index (χ1) is 13.0. The van der Waals surface area contributed by atoms with Gasteiger partial charge in [-0.2, -0.15) is 4.37 Å². The third-order valence-corrected chi connectivity index (χ3v) is 6.20. The average molecular weight is 407 g/mol. The van der Waals surface area contributed by atoms with Gasteiger partial charge >= 0.3 is 0 Å². The Labute approximate surface area is 167 Å². The van der Waals surface area contributed by atoms with Crippen LogP contribution in [0.25, 0.3) is 0 Å². The lowest BCUT2D eigenvalue weighted by molar-refractivity contribution is 0.0915. The number of carbonyl (C=O) groups is 2. The van der Waals surface area contributed by atoms with Crippen molar-refractivity contribution in [3.05, 3.63) is 45.4 Å². The number of nitrogen functional groups attached to an aromatic ring is 1. The number of carbonyl (C=O) groups excluding carboxylic acids is 2. The summed E-state index contributed by atoms with van der Waals surface area (Å²) in [7, 11) is 0. The number of aromatic nitrogens is 1. The molecule has 0 unspecified atom stereocenters. The van der Waals surface area contributed by atoms with E-state index in [9.17, 15) is 9.59 Å². The third kappa shape index (κ3) is 4.59. The van der Waals surface area contributed by atoms with E-state index in [0.717, 1.165) is 36.4 Å². The van der Waals surface area contributed by atoms with Crippen LogP contribution in [0, 0.1) is 5.92 Å². The van der Waals surface area contributed by atoms with E-state index in [1.165, 1.54) is 6.42 Å². The van der Waals surface area contributed by atoms with Gasteiger partial charge in [-0.15, -0.1) is 0 Å². The van der Waals surface area contributed by atoms with Gasteiger partial charge in [0.15, 0.2) is 5.69 Å². The van der Waals surface area contributed by atoms with Gasteiger partial charge < -0.3 is 16.4 Å². The lowest BCUT2D eigenvalue weighted by Crippen LogP contribution is -2.41. The summed E-state index contributed by atoms with van der Waals surface area (Å²) < 4.78 is 4.09. The number of nitrogens with one attached hydrogen (secondary N) is 2. The summed E-state index contributed by atoms with van der Waals surface area (Å²) in [6.07, 6.45) is 4.39. The fourth-order valence-corrected chi connectivity index (χ4v) is 4.19. The molecule has 8 heteroatoms. The molecule has 2 atom stereocenters. The van der Waals surface area contributed by atoms with Crippen LogP contribution in [0.4, 0.5) is 5.69 Å². The van der Waals surface area contributed by atoms with Crippen molar-refractivity contribution in [1.82, 2.24) is 15.0 Å². The standard InChI is InChI=1S/C19H23ClN4O2S/c1-11-6-2-5-9-14(11)23-19(26)17-15(21)16(24-27-17)18(25)22-10-12-7-3-4-8-13(12)20/h3-4,7-8,11,14H,2,5-6,9-10,21H2,1H3,(H,22,25)(H,23,26)/t11-,14-/m1/s1. The highest BCUT2D eigenvalue weighted by Crippen LogP contribution is 2.26. The van der Waals surface area contributed by atoms with E-state index in [1.54, 1.807) is 6.07 Å². The molecule has 4 N–H and O–H groups in total. The predicted molar refractivity (Wildman–Crippen MR) is 108 cm³/mol. The van der Waals surface area contributed by atoms with Crippen LogP contribution in [0.3, 0.4) is 0 Å². The van der Waals surface area contributed by atoms with Crippen molar-refractivity contribution in [2.75, 3.05) is 5.73 Å². The molecular weight excluding hydrogens is 384 g/mol. The molecule has 1 saturated carbocycles. The molecule has 2 amide bonds. The second-order valence-electron chi connectivity index (χ2n) is 6.89. The van der Waals surface area contributed by atoms with Crippen LogP contribution in [0.5, 0.6) is 0 Å². The summed E-state index contributed by atoms with van der Waals surface area (Å²) in [4.78, 5) is 25.3. The molecular formula is C19H23ClN4O2S. The van der Waals surface area contributed by atoms with Crippen molar-refractivity contribution < 1.29 is 9.59 Å². The predicted octanol–water partition coefficient (Wildman–Crippen LogP) is 3.62. The molecule has 3 rings (SSSR count). The van der Waals surface area contributed by atoms with Crippen LogP contribution < -0.4 is 16.4 Å². The summed E-state index contributed by atoms with van der Waals surface area (Å²) >= 11 is 7.05. The summed E-state index contributed by atoms with van der Waals surface area (Å²) in [6.45, 7) is 2.41. The Bertz CT molecular complexity index is 839. The van der Waals surface area contributed by atoms with Gasteiger partial charge in [0, 0.05) is 17.6 Å². The minimum absolute atomic E-state index is 0.0777. The van der Waals surface area contributed by atoms with Crippen LogP contribution in [-0.4, -0.2) is 22.2 Å². The molecule has 2 aromatic rings. The molecule has 0 spiro atoms. The zero-order valence-corrected chi connectivity index (χ0v) is 16.7. The number of hydrogen-bond acceptors (Lipinski definition) is 5. The molecule has 0 radical (unpaired) electrons. The van der Waals surface area contributed by atoms with Crippen molar-refractivity contribution in [2.24, 2.45) is 5.92 Å². The molecule has 6 nitrogen and oxygen atoms in total. The van der Waals surface area contributed by atoms with E-state index in [-0.39, 0.29) is 34.8 Å². The number of nitrogens with zero attached hydrogens (tertiary/aromatic N) is 1. The second kappa shape index (κ2) is 8.71. The number of hydrogen-bond donors (Lipinski definition) is 3. The molecule has 0 saturated heterocycles. The van der Waals surface area contributed by atoms with Gasteiger partial charge in [-0.3, -0.25) is 9.59 Å². The molecule has 1 aromatic heterocycles. The highest BCUT2D eigenvalue weighted by Gasteiger charge is 2.27. The molecule has 1 fully saturated rings. The van der Waals surface area contributed by atoms with Gasteiger partial charge in [-0.05, 0) is 41.9 Å². The molecule has 1 aromatic carbocycles. The summed E-state index contributed by atoms with van der Waals surface area (Å²) in [5, 5.41) is 6.37. The average Bonchev–Trinajstić information content (AvgIpc) is 3.04. The molecule has 0 bridgehead atoms. The highest BCUT2D eigenvalue weighted by atomic mass is 35.5. The SMILES string of the molecule is C[C@@H]1CCCC[C@H]1NC(=O)c1snc(C(=O)NCc2ccccc2Cl)c1N. The van der Waals surface area contributed by atoms with Gasteiger partial charge in [0.25, 0.3) is 11.8 Å². The van der Waals surface area contributed by atoms with Crippen molar-refractivity contribution >= 4 is 40.6 Å². The molecule has 27 heavy (non-hydrogen) atoms. The quantitative estimate of drug-likeness (QED) is 0.706. The smallest absolute Gasteiger partial charge is 0.273 e. The summed E-state index contributed by atoms with van der Waals surface area (Å²) in [5.41, 5.74) is 7.04. The first kappa shape index (κ1) is 19.6. The monoisotopic (exact) mass is 406 g/mol. The van der Waals surface area contributed by atoms with Gasteiger partial charge in [0.1, 0.15) is 4.88 Å². The van der Waals surface area contributed by atoms with E-state index in [1.807, 2.05) is 18.2 Å². The van der Waals surface area contributed by atoms with E-state index < -0.39 is 5.91 Å². The minimum atomic E-state index is -0.422. The third-order valence-electron chi connectivity index (χ3n) is 4.97. The van der Waals surface area contributed by atoms with Crippen LogP contribution in [-0.2, 0) is 6.54 Å². The Morgan fingerprint density at radius 1 is 1.26 bits per heavy atom. The Morgan fingerprint density at radius 2 is 2.00 bits per heavy atom. The zero-order valence-electron chi connectivity index (χ0n) is 15.1. The van der Waals surface area contributed by atoms with Crippen molar-refractivity contribution in [3.8, 4) is 0 Å². The normalized spacial score (nSPS) is 19.5. The maximum Gasteiger partial charge on any atom is 0.273 e. The highest BCUT2D eigenvalue weighted by molar-refractivity contribution is 7.09. The molecule has 1 heterocycles. The van der Waals surface area contributed by atoms with E-state index >= 15 is 0 Å². The maximum absolute atomic E-state index is 12.6. The van der Waals surface area contributed by atoms with Crippen molar-refractivity contribution in [2.45, 2.75) is 45.2 Å². The first-order valence-corrected chi connectivity index (χ1v) is 10.2. The number of rotatable bonds is 5. The second-order valence-corrected chi connectivity index (χ2v) is 8.07. The number of halogens is 1. The molecule has 1 aliphatic rings. The number of nitrogens with two attached hydrogens (primary N) is 1. The Hall–Kier alpha value is -2.12. The van der Waals surface area contributed by atoms with Crippen LogP contribution >= 0.6 is 23.1 Å². The Morgan fingerprint density at radius 3 is 2.74 bits per heavy atom. The lowest BCUT2D eigenvalue weighted by atomic mass is 9.86. The minimum Gasteiger partial charge on any atom is -0.395 e. The fraction of sp³-hybridized carbons (Fsp3) is 0.421. The summed E-state index contributed by atoms with van der Waals surface area (Å²) in [5.74, 6) is -0.238. The van der Waals surface area contributed by atoms with E-state index in [2.05, 4.69) is 21.9 Å². The summed E-state index contributed by atoms with van der Waals surface area (Å²) in [6, 6.07) is 7.40. The van der Waals surface area contributed by atoms with Crippen LogP contribution in [0.15, 0.2) is 24.3 Å².